The molecule has 0 bridgehead atoms. The third-order valence-corrected chi connectivity index (χ3v) is 9.10. The minimum atomic E-state index is -4.21. The van der Waals surface area contributed by atoms with Gasteiger partial charge in [0, 0.05) is 24.1 Å². The number of anilines is 1. The summed E-state index contributed by atoms with van der Waals surface area (Å²) in [7, 11) is -4.21. The molecule has 4 rings (SSSR count). The van der Waals surface area contributed by atoms with Crippen molar-refractivity contribution in [2.24, 2.45) is 0 Å². The Morgan fingerprint density at radius 3 is 1.96 bits per heavy atom. The van der Waals surface area contributed by atoms with Crippen molar-refractivity contribution in [1.29, 1.82) is 0 Å². The Morgan fingerprint density at radius 2 is 1.38 bits per heavy atom. The molecule has 4 aromatic carbocycles. The molecule has 0 spiro atoms. The molecule has 2 amide bonds. The van der Waals surface area contributed by atoms with Gasteiger partial charge in [-0.15, -0.1) is 0 Å². The van der Waals surface area contributed by atoms with Crippen molar-refractivity contribution in [2.75, 3.05) is 10.8 Å². The average molecular weight is 630 g/mol. The van der Waals surface area contributed by atoms with E-state index in [2.05, 4.69) is 5.32 Å². The summed E-state index contributed by atoms with van der Waals surface area (Å²) in [6.45, 7) is 6.65. The standard InChI is InChI=1S/C36H40FN3O4S/c1-5-27-20-22-30(23-21-27)40(45(43,44)31-17-10-7-11-18-31)26-34(41)39(25-29-16-12-13-19-32(29)37)33(35(42)38-36(2,3)4)24-28-14-8-6-9-15-28/h6-23,33H,5,24-26H2,1-4H3,(H,38,42). The maximum absolute atomic E-state index is 15.0. The van der Waals surface area contributed by atoms with Crippen LogP contribution in [0.15, 0.2) is 114 Å². The zero-order chi connectivity index (χ0) is 32.6. The molecule has 1 N–H and O–H groups in total. The van der Waals surface area contributed by atoms with E-state index in [0.29, 0.717) is 5.69 Å². The Balaban J connectivity index is 1.82. The number of nitrogens with one attached hydrogen (secondary N) is 1. The van der Waals surface area contributed by atoms with Crippen molar-refractivity contribution in [3.8, 4) is 0 Å². The number of hydrogen-bond donors (Lipinski definition) is 1. The number of hydrogen-bond acceptors (Lipinski definition) is 4. The highest BCUT2D eigenvalue weighted by Crippen LogP contribution is 2.26. The molecule has 0 aliphatic carbocycles. The van der Waals surface area contributed by atoms with E-state index in [4.69, 9.17) is 0 Å². The van der Waals surface area contributed by atoms with Gasteiger partial charge in [-0.2, -0.15) is 0 Å². The summed E-state index contributed by atoms with van der Waals surface area (Å²) < 4.78 is 44.2. The minimum Gasteiger partial charge on any atom is -0.350 e. The van der Waals surface area contributed by atoms with E-state index in [1.165, 1.54) is 23.1 Å². The van der Waals surface area contributed by atoms with Crippen molar-refractivity contribution >= 4 is 27.5 Å². The van der Waals surface area contributed by atoms with E-state index < -0.39 is 45.8 Å². The first kappa shape index (κ1) is 33.4. The fraction of sp³-hybridized carbons (Fsp3) is 0.278. The number of rotatable bonds is 12. The molecule has 0 aliphatic heterocycles. The Hall–Kier alpha value is -4.50. The molecular formula is C36H40FN3O4S. The summed E-state index contributed by atoms with van der Waals surface area (Å²) >= 11 is 0. The average Bonchev–Trinajstić information content (AvgIpc) is 3.02. The molecule has 7 nitrogen and oxygen atoms in total. The van der Waals surface area contributed by atoms with Crippen LogP contribution in [0.2, 0.25) is 0 Å². The largest absolute Gasteiger partial charge is 0.350 e. The van der Waals surface area contributed by atoms with Gasteiger partial charge in [-0.25, -0.2) is 12.8 Å². The summed E-state index contributed by atoms with van der Waals surface area (Å²) in [5.41, 5.74) is 1.68. The topological polar surface area (TPSA) is 86.8 Å². The van der Waals surface area contributed by atoms with Crippen molar-refractivity contribution in [1.82, 2.24) is 10.2 Å². The predicted molar refractivity (Wildman–Crippen MR) is 176 cm³/mol. The highest BCUT2D eigenvalue weighted by atomic mass is 32.2. The van der Waals surface area contributed by atoms with Crippen LogP contribution in [-0.2, 0) is 39.0 Å². The first-order chi connectivity index (χ1) is 21.4. The quantitative estimate of drug-likeness (QED) is 0.204. The number of carbonyl (C=O) groups is 2. The van der Waals surface area contributed by atoms with Gasteiger partial charge in [0.05, 0.1) is 10.6 Å². The van der Waals surface area contributed by atoms with Crippen LogP contribution in [-0.4, -0.2) is 43.3 Å². The molecule has 45 heavy (non-hydrogen) atoms. The number of amides is 2. The molecule has 0 saturated carbocycles. The molecule has 4 aromatic rings. The molecular weight excluding hydrogens is 589 g/mol. The molecule has 0 radical (unpaired) electrons. The number of halogens is 1. The monoisotopic (exact) mass is 629 g/mol. The fourth-order valence-corrected chi connectivity index (χ4v) is 6.40. The molecule has 0 heterocycles. The van der Waals surface area contributed by atoms with Gasteiger partial charge >= 0.3 is 0 Å². The first-order valence-corrected chi connectivity index (χ1v) is 16.4. The van der Waals surface area contributed by atoms with Crippen molar-refractivity contribution in [3.63, 3.8) is 0 Å². The van der Waals surface area contributed by atoms with Crippen LogP contribution < -0.4 is 9.62 Å². The van der Waals surface area contributed by atoms with Gasteiger partial charge in [0.15, 0.2) is 0 Å². The Labute approximate surface area is 265 Å². The summed E-state index contributed by atoms with van der Waals surface area (Å²) in [6.07, 6.45) is 0.894. The van der Waals surface area contributed by atoms with Crippen molar-refractivity contribution in [3.05, 3.63) is 132 Å². The lowest BCUT2D eigenvalue weighted by atomic mass is 10.0. The Morgan fingerprint density at radius 1 is 0.800 bits per heavy atom. The smallest absolute Gasteiger partial charge is 0.264 e. The maximum Gasteiger partial charge on any atom is 0.264 e. The van der Waals surface area contributed by atoms with Crippen LogP contribution in [0.25, 0.3) is 0 Å². The molecule has 1 unspecified atom stereocenters. The van der Waals surface area contributed by atoms with Gasteiger partial charge in [0.1, 0.15) is 18.4 Å². The van der Waals surface area contributed by atoms with E-state index in [1.54, 1.807) is 48.5 Å². The highest BCUT2D eigenvalue weighted by molar-refractivity contribution is 7.92. The SMILES string of the molecule is CCc1ccc(N(CC(=O)N(Cc2ccccc2F)C(Cc2ccccc2)C(=O)NC(C)(C)C)S(=O)(=O)c2ccccc2)cc1. The van der Waals surface area contributed by atoms with Crippen LogP contribution in [0.1, 0.15) is 44.4 Å². The lowest BCUT2D eigenvalue weighted by Crippen LogP contribution is -2.56. The van der Waals surface area contributed by atoms with Gasteiger partial charge in [0.25, 0.3) is 10.0 Å². The zero-order valence-corrected chi connectivity index (χ0v) is 26.9. The summed E-state index contributed by atoms with van der Waals surface area (Å²) in [5.74, 6) is -1.61. The number of carbonyl (C=O) groups excluding carboxylic acids is 2. The van der Waals surface area contributed by atoms with Crippen LogP contribution >= 0.6 is 0 Å². The number of benzene rings is 4. The lowest BCUT2D eigenvalue weighted by molar-refractivity contribution is -0.140. The molecule has 0 aromatic heterocycles. The molecule has 0 saturated heterocycles. The van der Waals surface area contributed by atoms with Crippen LogP contribution in [0.3, 0.4) is 0 Å². The van der Waals surface area contributed by atoms with E-state index >= 15 is 4.39 Å². The fourth-order valence-electron chi connectivity index (χ4n) is 4.96. The lowest BCUT2D eigenvalue weighted by Gasteiger charge is -2.35. The molecule has 0 aliphatic rings. The van der Waals surface area contributed by atoms with Gasteiger partial charge in [-0.1, -0.05) is 85.8 Å². The van der Waals surface area contributed by atoms with E-state index in [-0.39, 0.29) is 23.4 Å². The Bertz CT molecular complexity index is 1690. The van der Waals surface area contributed by atoms with E-state index in [0.717, 1.165) is 21.9 Å². The van der Waals surface area contributed by atoms with Crippen LogP contribution in [0.5, 0.6) is 0 Å². The molecule has 236 valence electrons. The minimum absolute atomic E-state index is 0.0179. The third kappa shape index (κ3) is 8.79. The number of nitrogens with zero attached hydrogens (tertiary/aromatic N) is 2. The Kier molecular flexibility index (Phi) is 10.8. The summed E-state index contributed by atoms with van der Waals surface area (Å²) in [5, 5.41) is 2.97. The first-order valence-electron chi connectivity index (χ1n) is 14.9. The zero-order valence-electron chi connectivity index (χ0n) is 26.1. The number of aryl methyl sites for hydroxylation is 1. The van der Waals surface area contributed by atoms with Gasteiger partial charge in [0.2, 0.25) is 11.8 Å². The maximum atomic E-state index is 15.0. The molecule has 9 heteroatoms. The van der Waals surface area contributed by atoms with Gasteiger partial charge < -0.3 is 10.2 Å². The number of sulfonamides is 1. The summed E-state index contributed by atoms with van der Waals surface area (Å²) in [4.78, 5) is 29.7. The van der Waals surface area contributed by atoms with Gasteiger partial charge in [-0.3, -0.25) is 13.9 Å². The molecule has 1 atom stereocenters. The normalized spacial score (nSPS) is 12.3. The van der Waals surface area contributed by atoms with Crippen LogP contribution in [0, 0.1) is 5.82 Å². The molecule has 0 fully saturated rings. The van der Waals surface area contributed by atoms with E-state index in [1.807, 2.05) is 70.2 Å². The van der Waals surface area contributed by atoms with E-state index in [9.17, 15) is 18.0 Å². The predicted octanol–water partition coefficient (Wildman–Crippen LogP) is 6.14. The highest BCUT2D eigenvalue weighted by Gasteiger charge is 2.36. The summed E-state index contributed by atoms with van der Waals surface area (Å²) in [6, 6.07) is 29.1. The second-order valence-electron chi connectivity index (χ2n) is 11.9. The van der Waals surface area contributed by atoms with Crippen molar-refractivity contribution < 1.29 is 22.4 Å². The van der Waals surface area contributed by atoms with Gasteiger partial charge in [-0.05, 0) is 68.7 Å². The van der Waals surface area contributed by atoms with Crippen LogP contribution in [0.4, 0.5) is 10.1 Å². The second kappa shape index (κ2) is 14.5. The second-order valence-corrected chi connectivity index (χ2v) is 13.8. The van der Waals surface area contributed by atoms with Crippen molar-refractivity contribution in [2.45, 2.75) is 63.6 Å². The third-order valence-electron chi connectivity index (χ3n) is 7.31.